The molecule has 0 saturated carbocycles. The maximum atomic E-state index is 13.1. The summed E-state index contributed by atoms with van der Waals surface area (Å²) in [5, 5.41) is 12.5. The Balaban J connectivity index is 1.67. The molecule has 0 saturated heterocycles. The van der Waals surface area contributed by atoms with Crippen molar-refractivity contribution < 1.29 is 18.0 Å². The topological polar surface area (TPSA) is 103 Å². The number of rotatable bonds is 3. The van der Waals surface area contributed by atoms with Crippen LogP contribution in [0.5, 0.6) is 0 Å². The minimum Gasteiger partial charge on any atom is -0.383 e. The molecule has 160 valence electrons. The van der Waals surface area contributed by atoms with Crippen LogP contribution in [0.3, 0.4) is 0 Å². The van der Waals surface area contributed by atoms with Crippen LogP contribution >= 0.6 is 0 Å². The highest BCUT2D eigenvalue weighted by Crippen LogP contribution is 2.30. The quantitative estimate of drug-likeness (QED) is 0.536. The van der Waals surface area contributed by atoms with Gasteiger partial charge in [-0.25, -0.2) is 4.98 Å². The van der Waals surface area contributed by atoms with Gasteiger partial charge in [-0.05, 0) is 37.3 Å². The van der Waals surface area contributed by atoms with E-state index in [1.807, 2.05) is 0 Å². The Morgan fingerprint density at radius 3 is 2.55 bits per heavy atom. The van der Waals surface area contributed by atoms with Gasteiger partial charge in [0.2, 0.25) is 0 Å². The van der Waals surface area contributed by atoms with E-state index in [0.717, 1.165) is 11.6 Å². The second kappa shape index (κ2) is 7.18. The minimum absolute atomic E-state index is 0.244. The number of pyridine rings is 1. The average molecular weight is 429 g/mol. The summed E-state index contributed by atoms with van der Waals surface area (Å²) in [6, 6.07) is 6.50. The van der Waals surface area contributed by atoms with Crippen LogP contribution in [0.15, 0.2) is 36.5 Å². The molecule has 1 amide bonds. The van der Waals surface area contributed by atoms with E-state index in [-0.39, 0.29) is 11.6 Å². The molecule has 3 aromatic heterocycles. The highest BCUT2D eigenvalue weighted by Gasteiger charge is 2.33. The number of alkyl halides is 3. The molecule has 2 N–H and O–H groups in total. The number of carbonyl (C=O) groups excluding carboxylic acids is 1. The molecule has 0 spiro atoms. The van der Waals surface area contributed by atoms with Crippen molar-refractivity contribution in [3.8, 4) is 0 Å². The normalized spacial score (nSPS) is 13.0. The summed E-state index contributed by atoms with van der Waals surface area (Å²) in [4.78, 5) is 18.8. The monoisotopic (exact) mass is 429 g/mol. The molecular formula is C20H18F3N7O. The standard InChI is InChI=1S/C20H18F3N7O/c1-10(14-6-7-16(28-27-14)20(21,22)23)29(2)19(31)11-4-5-15-12(8-11)17-13(18(24)26-15)9-25-30(17)3/h4-10H,1-3H3,(H2,24,26)/t10-/m1/s1. The van der Waals surface area contributed by atoms with Gasteiger partial charge in [0.05, 0.1) is 34.4 Å². The lowest BCUT2D eigenvalue weighted by atomic mass is 10.1. The summed E-state index contributed by atoms with van der Waals surface area (Å²) in [5.74, 6) is 0.0181. The van der Waals surface area contributed by atoms with Gasteiger partial charge in [-0.3, -0.25) is 9.48 Å². The lowest BCUT2D eigenvalue weighted by molar-refractivity contribution is -0.141. The number of anilines is 1. The number of hydrogen-bond donors (Lipinski definition) is 1. The van der Waals surface area contributed by atoms with Crippen molar-refractivity contribution >= 4 is 33.5 Å². The van der Waals surface area contributed by atoms with E-state index in [4.69, 9.17) is 5.73 Å². The van der Waals surface area contributed by atoms with Crippen LogP contribution in [-0.2, 0) is 13.2 Å². The zero-order chi connectivity index (χ0) is 22.5. The maximum absolute atomic E-state index is 13.1. The molecule has 11 heteroatoms. The van der Waals surface area contributed by atoms with Gasteiger partial charge < -0.3 is 10.6 Å². The fourth-order valence-corrected chi connectivity index (χ4v) is 3.39. The fraction of sp³-hybridized carbons (Fsp3) is 0.250. The highest BCUT2D eigenvalue weighted by molar-refractivity contribution is 6.10. The molecule has 4 rings (SSSR count). The maximum Gasteiger partial charge on any atom is 0.435 e. The molecule has 0 unspecified atom stereocenters. The van der Waals surface area contributed by atoms with Crippen LogP contribution in [0.4, 0.5) is 19.0 Å². The van der Waals surface area contributed by atoms with Crippen molar-refractivity contribution in [1.29, 1.82) is 0 Å². The van der Waals surface area contributed by atoms with Gasteiger partial charge in [-0.1, -0.05) is 0 Å². The summed E-state index contributed by atoms with van der Waals surface area (Å²) >= 11 is 0. The second-order valence-electron chi connectivity index (χ2n) is 7.19. The van der Waals surface area contributed by atoms with E-state index in [1.165, 1.54) is 11.0 Å². The van der Waals surface area contributed by atoms with Crippen molar-refractivity contribution in [2.24, 2.45) is 7.05 Å². The first kappa shape index (κ1) is 20.5. The Morgan fingerprint density at radius 2 is 1.90 bits per heavy atom. The van der Waals surface area contributed by atoms with Crippen molar-refractivity contribution in [3.05, 3.63) is 53.5 Å². The smallest absolute Gasteiger partial charge is 0.383 e. The molecule has 31 heavy (non-hydrogen) atoms. The minimum atomic E-state index is -4.57. The number of nitrogen functional groups attached to an aromatic ring is 1. The summed E-state index contributed by atoms with van der Waals surface area (Å²) in [5.41, 5.74) is 6.92. The Bertz CT molecular complexity index is 1300. The number of nitrogens with two attached hydrogens (primary N) is 1. The Hall–Kier alpha value is -3.76. The first-order chi connectivity index (χ1) is 14.6. The molecule has 0 radical (unpaired) electrons. The van der Waals surface area contributed by atoms with Crippen molar-refractivity contribution in [3.63, 3.8) is 0 Å². The van der Waals surface area contributed by atoms with Crippen LogP contribution in [0.25, 0.3) is 21.8 Å². The Morgan fingerprint density at radius 1 is 1.16 bits per heavy atom. The van der Waals surface area contributed by atoms with Gasteiger partial charge in [0.15, 0.2) is 5.69 Å². The number of halogens is 3. The summed E-state index contributed by atoms with van der Waals surface area (Å²) in [6.07, 6.45) is -2.96. The SMILES string of the molecule is C[C@H](c1ccc(C(F)(F)F)nn1)N(C)C(=O)c1ccc2nc(N)c3cnn(C)c3c2c1. The van der Waals surface area contributed by atoms with Gasteiger partial charge in [0.25, 0.3) is 5.91 Å². The molecule has 4 aromatic rings. The summed E-state index contributed by atoms with van der Waals surface area (Å²) in [6.45, 7) is 1.66. The van der Waals surface area contributed by atoms with Crippen molar-refractivity contribution in [2.45, 2.75) is 19.1 Å². The average Bonchev–Trinajstić information content (AvgIpc) is 3.14. The van der Waals surface area contributed by atoms with E-state index >= 15 is 0 Å². The predicted molar refractivity (Wildman–Crippen MR) is 108 cm³/mol. The third-order valence-corrected chi connectivity index (χ3v) is 5.26. The van der Waals surface area contributed by atoms with E-state index in [0.29, 0.717) is 27.7 Å². The molecule has 0 aliphatic carbocycles. The number of nitrogens with zero attached hydrogens (tertiary/aromatic N) is 6. The first-order valence-electron chi connectivity index (χ1n) is 9.27. The lowest BCUT2D eigenvalue weighted by Crippen LogP contribution is -2.30. The lowest BCUT2D eigenvalue weighted by Gasteiger charge is -2.24. The molecule has 3 heterocycles. The number of carbonyl (C=O) groups is 1. The molecule has 0 bridgehead atoms. The van der Waals surface area contributed by atoms with Gasteiger partial charge >= 0.3 is 6.18 Å². The molecule has 8 nitrogen and oxygen atoms in total. The van der Waals surface area contributed by atoms with Crippen LogP contribution in [0, 0.1) is 0 Å². The van der Waals surface area contributed by atoms with E-state index in [1.54, 1.807) is 50.1 Å². The number of hydrogen-bond acceptors (Lipinski definition) is 6. The zero-order valence-electron chi connectivity index (χ0n) is 16.8. The number of amides is 1. The number of benzene rings is 1. The van der Waals surface area contributed by atoms with E-state index < -0.39 is 17.9 Å². The van der Waals surface area contributed by atoms with Gasteiger partial charge in [-0.2, -0.15) is 23.4 Å². The van der Waals surface area contributed by atoms with E-state index in [9.17, 15) is 18.0 Å². The summed E-state index contributed by atoms with van der Waals surface area (Å²) in [7, 11) is 3.32. The van der Waals surface area contributed by atoms with Crippen LogP contribution in [0.2, 0.25) is 0 Å². The number of aryl methyl sites for hydroxylation is 1. The van der Waals surface area contributed by atoms with Crippen LogP contribution in [0.1, 0.15) is 34.7 Å². The molecule has 0 aliphatic rings. The van der Waals surface area contributed by atoms with Crippen molar-refractivity contribution in [2.75, 3.05) is 12.8 Å². The largest absolute Gasteiger partial charge is 0.435 e. The molecular weight excluding hydrogens is 411 g/mol. The fourth-order valence-electron chi connectivity index (χ4n) is 3.39. The second-order valence-corrected chi connectivity index (χ2v) is 7.19. The van der Waals surface area contributed by atoms with Crippen LogP contribution in [-0.4, -0.2) is 42.8 Å². The first-order valence-corrected chi connectivity index (χ1v) is 9.27. The van der Waals surface area contributed by atoms with Gasteiger partial charge in [0, 0.05) is 25.0 Å². The molecule has 0 aliphatic heterocycles. The Kier molecular flexibility index (Phi) is 4.75. The van der Waals surface area contributed by atoms with Crippen molar-refractivity contribution in [1.82, 2.24) is 29.9 Å². The molecule has 0 fully saturated rings. The predicted octanol–water partition coefficient (Wildman–Crippen LogP) is 3.35. The van der Waals surface area contributed by atoms with E-state index in [2.05, 4.69) is 20.3 Å². The number of fused-ring (bicyclic) bond motifs is 3. The van der Waals surface area contributed by atoms with Crippen LogP contribution < -0.4 is 5.73 Å². The highest BCUT2D eigenvalue weighted by atomic mass is 19.4. The zero-order valence-corrected chi connectivity index (χ0v) is 16.8. The third-order valence-electron chi connectivity index (χ3n) is 5.26. The summed E-state index contributed by atoms with van der Waals surface area (Å²) < 4.78 is 39.8. The van der Waals surface area contributed by atoms with Gasteiger partial charge in [-0.15, -0.1) is 5.10 Å². The molecule has 1 atom stereocenters. The van der Waals surface area contributed by atoms with Gasteiger partial charge in [0.1, 0.15) is 5.82 Å². The number of aromatic nitrogens is 5. The third kappa shape index (κ3) is 3.51. The molecule has 1 aromatic carbocycles. The Labute approximate surface area is 174 Å².